The Hall–Kier alpha value is -2.69. The molecule has 0 aliphatic rings. The standard InChI is InChI=1S/C27H37FN2O2/c1-19(2)17-29-26(32)20(3)30(18-22-9-7-8-10-24(22)28)25(31)16-13-21-11-14-23(15-12-21)27(4,5)6/h7-12,14-15,19-20H,13,16-18H2,1-6H3,(H,29,32)/t20-/m0/s1. The lowest BCUT2D eigenvalue weighted by Crippen LogP contribution is -2.48. The maximum Gasteiger partial charge on any atom is 0.242 e. The highest BCUT2D eigenvalue weighted by atomic mass is 19.1. The van der Waals surface area contributed by atoms with Crippen molar-refractivity contribution in [2.24, 2.45) is 5.92 Å². The maximum atomic E-state index is 14.3. The number of amides is 2. The largest absolute Gasteiger partial charge is 0.354 e. The molecule has 0 aromatic heterocycles. The Kier molecular flexibility index (Phi) is 8.99. The second-order valence-electron chi connectivity index (χ2n) is 9.87. The van der Waals surface area contributed by atoms with E-state index in [0.29, 0.717) is 24.4 Å². The molecule has 5 heteroatoms. The summed E-state index contributed by atoms with van der Waals surface area (Å²) in [4.78, 5) is 27.3. The Morgan fingerprint density at radius 1 is 1.00 bits per heavy atom. The lowest BCUT2D eigenvalue weighted by atomic mass is 9.86. The van der Waals surface area contributed by atoms with E-state index >= 15 is 0 Å². The number of benzene rings is 2. The van der Waals surface area contributed by atoms with Crippen LogP contribution in [0.25, 0.3) is 0 Å². The molecule has 174 valence electrons. The molecule has 0 bridgehead atoms. The molecule has 0 heterocycles. The van der Waals surface area contributed by atoms with Crippen molar-refractivity contribution in [3.8, 4) is 0 Å². The van der Waals surface area contributed by atoms with Crippen molar-refractivity contribution in [1.82, 2.24) is 10.2 Å². The third kappa shape index (κ3) is 7.47. The predicted octanol–water partition coefficient (Wildman–Crippen LogP) is 5.25. The zero-order chi connectivity index (χ0) is 23.9. The van der Waals surface area contributed by atoms with Crippen LogP contribution in [0.2, 0.25) is 0 Å². The van der Waals surface area contributed by atoms with Crippen LogP contribution >= 0.6 is 0 Å². The van der Waals surface area contributed by atoms with Crippen molar-refractivity contribution in [3.05, 3.63) is 71.0 Å². The summed E-state index contributed by atoms with van der Waals surface area (Å²) in [5, 5.41) is 2.89. The smallest absolute Gasteiger partial charge is 0.242 e. The molecule has 0 unspecified atom stereocenters. The third-order valence-electron chi connectivity index (χ3n) is 5.60. The number of carbonyl (C=O) groups is 2. The summed E-state index contributed by atoms with van der Waals surface area (Å²) in [6.07, 6.45) is 0.822. The first kappa shape index (κ1) is 25.6. The van der Waals surface area contributed by atoms with Crippen molar-refractivity contribution in [3.63, 3.8) is 0 Å². The second kappa shape index (κ2) is 11.3. The molecule has 2 amide bonds. The predicted molar refractivity (Wildman–Crippen MR) is 128 cm³/mol. The van der Waals surface area contributed by atoms with Crippen LogP contribution in [0.4, 0.5) is 4.39 Å². The second-order valence-corrected chi connectivity index (χ2v) is 9.87. The zero-order valence-electron chi connectivity index (χ0n) is 20.2. The van der Waals surface area contributed by atoms with Crippen LogP contribution in [0.5, 0.6) is 0 Å². The molecular formula is C27H37FN2O2. The van der Waals surface area contributed by atoms with Gasteiger partial charge in [-0.1, -0.05) is 77.1 Å². The van der Waals surface area contributed by atoms with Crippen LogP contribution in [-0.4, -0.2) is 29.3 Å². The van der Waals surface area contributed by atoms with Crippen molar-refractivity contribution >= 4 is 11.8 Å². The van der Waals surface area contributed by atoms with E-state index in [-0.39, 0.29) is 36.0 Å². The summed E-state index contributed by atoms with van der Waals surface area (Å²) in [6.45, 7) is 12.8. The van der Waals surface area contributed by atoms with E-state index in [1.54, 1.807) is 25.1 Å². The lowest BCUT2D eigenvalue weighted by Gasteiger charge is -2.29. The van der Waals surface area contributed by atoms with Gasteiger partial charge < -0.3 is 10.2 Å². The first-order valence-corrected chi connectivity index (χ1v) is 11.4. The molecule has 1 N–H and O–H groups in total. The fraction of sp³-hybridized carbons (Fsp3) is 0.481. The zero-order valence-corrected chi connectivity index (χ0v) is 20.2. The molecule has 2 aromatic rings. The number of halogens is 1. The monoisotopic (exact) mass is 440 g/mol. The third-order valence-corrected chi connectivity index (χ3v) is 5.60. The first-order valence-electron chi connectivity index (χ1n) is 11.4. The van der Waals surface area contributed by atoms with Crippen LogP contribution in [0.3, 0.4) is 0 Å². The van der Waals surface area contributed by atoms with Gasteiger partial charge in [0.25, 0.3) is 0 Å². The average Bonchev–Trinajstić information content (AvgIpc) is 2.74. The molecule has 0 spiro atoms. The molecule has 4 nitrogen and oxygen atoms in total. The Bertz CT molecular complexity index is 901. The summed E-state index contributed by atoms with van der Waals surface area (Å²) in [5.41, 5.74) is 2.78. The van der Waals surface area contributed by atoms with Gasteiger partial charge in [0.15, 0.2) is 0 Å². The van der Waals surface area contributed by atoms with Crippen LogP contribution in [-0.2, 0) is 28.0 Å². The minimum absolute atomic E-state index is 0.0603. The SMILES string of the molecule is CC(C)CNC(=O)[C@H](C)N(Cc1ccccc1F)C(=O)CCc1ccc(C(C)(C)C)cc1. The molecule has 2 rings (SSSR count). The Balaban J connectivity index is 2.13. The van der Waals surface area contributed by atoms with Gasteiger partial charge in [-0.3, -0.25) is 9.59 Å². The molecule has 0 fully saturated rings. The quantitative estimate of drug-likeness (QED) is 0.579. The van der Waals surface area contributed by atoms with Gasteiger partial charge in [0.2, 0.25) is 11.8 Å². The highest BCUT2D eigenvalue weighted by molar-refractivity contribution is 5.87. The molecule has 0 saturated carbocycles. The molecular weight excluding hydrogens is 403 g/mol. The molecule has 0 saturated heterocycles. The van der Waals surface area contributed by atoms with E-state index in [9.17, 15) is 14.0 Å². The highest BCUT2D eigenvalue weighted by Gasteiger charge is 2.26. The number of nitrogens with zero attached hydrogens (tertiary/aromatic N) is 1. The van der Waals surface area contributed by atoms with Gasteiger partial charge in [-0.25, -0.2) is 4.39 Å². The Morgan fingerprint density at radius 2 is 1.62 bits per heavy atom. The normalized spacial score (nSPS) is 12.5. The number of carbonyl (C=O) groups excluding carboxylic acids is 2. The van der Waals surface area contributed by atoms with Crippen LogP contribution < -0.4 is 5.32 Å². The van der Waals surface area contributed by atoms with Gasteiger partial charge in [0, 0.05) is 25.1 Å². The van der Waals surface area contributed by atoms with E-state index in [0.717, 1.165) is 5.56 Å². The van der Waals surface area contributed by atoms with E-state index in [2.05, 4.69) is 38.2 Å². The highest BCUT2D eigenvalue weighted by Crippen LogP contribution is 2.23. The first-order chi connectivity index (χ1) is 15.0. The van der Waals surface area contributed by atoms with Crippen LogP contribution in [0, 0.1) is 11.7 Å². The fourth-order valence-electron chi connectivity index (χ4n) is 3.41. The minimum Gasteiger partial charge on any atom is -0.354 e. The molecule has 0 aliphatic carbocycles. The molecule has 2 aromatic carbocycles. The van der Waals surface area contributed by atoms with Gasteiger partial charge in [0.1, 0.15) is 11.9 Å². The summed E-state index contributed by atoms with van der Waals surface area (Å²) >= 11 is 0. The van der Waals surface area contributed by atoms with Crippen molar-refractivity contribution in [1.29, 1.82) is 0 Å². The summed E-state index contributed by atoms with van der Waals surface area (Å²) in [6, 6.07) is 14.0. The number of nitrogens with one attached hydrogen (secondary N) is 1. The van der Waals surface area contributed by atoms with Crippen LogP contribution in [0.15, 0.2) is 48.5 Å². The Morgan fingerprint density at radius 3 is 2.19 bits per heavy atom. The Labute approximate surface area is 192 Å². The van der Waals surface area contributed by atoms with E-state index < -0.39 is 6.04 Å². The van der Waals surface area contributed by atoms with Gasteiger partial charge in [-0.05, 0) is 41.9 Å². The minimum atomic E-state index is -0.691. The van der Waals surface area contributed by atoms with E-state index in [1.165, 1.54) is 16.5 Å². The number of hydrogen-bond donors (Lipinski definition) is 1. The summed E-state index contributed by atoms with van der Waals surface area (Å²) in [5.74, 6) is -0.464. The van der Waals surface area contributed by atoms with E-state index in [4.69, 9.17) is 0 Å². The van der Waals surface area contributed by atoms with Crippen molar-refractivity contribution in [2.75, 3.05) is 6.54 Å². The van der Waals surface area contributed by atoms with Gasteiger partial charge in [-0.15, -0.1) is 0 Å². The van der Waals surface area contributed by atoms with E-state index in [1.807, 2.05) is 26.0 Å². The van der Waals surface area contributed by atoms with Gasteiger partial charge in [0.05, 0.1) is 0 Å². The lowest BCUT2D eigenvalue weighted by molar-refractivity contribution is -0.140. The van der Waals surface area contributed by atoms with Gasteiger partial charge in [-0.2, -0.15) is 0 Å². The van der Waals surface area contributed by atoms with Crippen molar-refractivity contribution in [2.45, 2.75) is 72.4 Å². The number of aryl methyl sites for hydroxylation is 1. The fourth-order valence-corrected chi connectivity index (χ4v) is 3.41. The average molecular weight is 441 g/mol. The molecule has 32 heavy (non-hydrogen) atoms. The molecule has 0 aliphatic heterocycles. The molecule has 0 radical (unpaired) electrons. The topological polar surface area (TPSA) is 49.4 Å². The molecule has 1 atom stereocenters. The van der Waals surface area contributed by atoms with Gasteiger partial charge >= 0.3 is 0 Å². The van der Waals surface area contributed by atoms with Crippen molar-refractivity contribution < 1.29 is 14.0 Å². The van der Waals surface area contributed by atoms with Crippen LogP contribution in [0.1, 0.15) is 64.7 Å². The summed E-state index contributed by atoms with van der Waals surface area (Å²) in [7, 11) is 0. The summed E-state index contributed by atoms with van der Waals surface area (Å²) < 4.78 is 14.3. The number of rotatable bonds is 9. The number of hydrogen-bond acceptors (Lipinski definition) is 2. The maximum absolute atomic E-state index is 14.3.